The molecule has 31 heavy (non-hydrogen) atoms. The van der Waals surface area contributed by atoms with Crippen molar-refractivity contribution >= 4 is 28.3 Å². The Balaban J connectivity index is 1.46. The highest BCUT2D eigenvalue weighted by Gasteiger charge is 2.19. The first-order valence-electron chi connectivity index (χ1n) is 10.8. The Labute approximate surface area is 181 Å². The van der Waals surface area contributed by atoms with Gasteiger partial charge in [-0.3, -0.25) is 14.4 Å². The molecule has 0 unspecified atom stereocenters. The van der Waals surface area contributed by atoms with E-state index in [1.54, 1.807) is 22.9 Å². The molecule has 0 aliphatic carbocycles. The predicted molar refractivity (Wildman–Crippen MR) is 122 cm³/mol. The topological polar surface area (TPSA) is 71.4 Å². The SMILES string of the molecule is Cc1ccc(CC(=O)Nc2cccc3c(=O)n(CCCN4CCCC4=O)ccc23)cc1. The van der Waals surface area contributed by atoms with Gasteiger partial charge in [-0.1, -0.05) is 35.9 Å². The molecule has 6 heteroatoms. The number of aryl methyl sites for hydroxylation is 2. The Morgan fingerprint density at radius 2 is 1.81 bits per heavy atom. The Kier molecular flexibility index (Phi) is 6.16. The molecule has 1 aliphatic rings. The number of amides is 2. The minimum absolute atomic E-state index is 0.0834. The highest BCUT2D eigenvalue weighted by atomic mass is 16.2. The van der Waals surface area contributed by atoms with Crippen molar-refractivity contribution in [1.29, 1.82) is 0 Å². The predicted octanol–water partition coefficient (Wildman–Crippen LogP) is 3.50. The number of carbonyl (C=O) groups is 2. The average molecular weight is 418 g/mol. The van der Waals surface area contributed by atoms with Crippen LogP contribution in [0.25, 0.3) is 10.8 Å². The molecular weight excluding hydrogens is 390 g/mol. The summed E-state index contributed by atoms with van der Waals surface area (Å²) in [5.74, 6) is 0.0905. The number of hydrogen-bond acceptors (Lipinski definition) is 3. The molecule has 2 aromatic carbocycles. The lowest BCUT2D eigenvalue weighted by Crippen LogP contribution is -2.28. The smallest absolute Gasteiger partial charge is 0.258 e. The number of anilines is 1. The van der Waals surface area contributed by atoms with E-state index in [1.165, 1.54) is 0 Å². The number of fused-ring (bicyclic) bond motifs is 1. The van der Waals surface area contributed by atoms with Crippen LogP contribution in [0.15, 0.2) is 59.5 Å². The summed E-state index contributed by atoms with van der Waals surface area (Å²) in [4.78, 5) is 39.1. The number of pyridine rings is 1. The van der Waals surface area contributed by atoms with Crippen LogP contribution in [0.1, 0.15) is 30.4 Å². The normalized spacial score (nSPS) is 13.7. The van der Waals surface area contributed by atoms with E-state index >= 15 is 0 Å². The maximum atomic E-state index is 13.0. The van der Waals surface area contributed by atoms with Gasteiger partial charge in [0.25, 0.3) is 5.56 Å². The molecule has 2 heterocycles. The van der Waals surface area contributed by atoms with Gasteiger partial charge >= 0.3 is 0 Å². The number of aromatic nitrogens is 1. The van der Waals surface area contributed by atoms with Crippen LogP contribution in [0.2, 0.25) is 0 Å². The average Bonchev–Trinajstić information content (AvgIpc) is 3.16. The van der Waals surface area contributed by atoms with Crippen molar-refractivity contribution in [3.8, 4) is 0 Å². The van der Waals surface area contributed by atoms with Gasteiger partial charge in [-0.2, -0.15) is 0 Å². The molecule has 0 saturated carbocycles. The van der Waals surface area contributed by atoms with E-state index in [0.29, 0.717) is 30.6 Å². The van der Waals surface area contributed by atoms with Crippen molar-refractivity contribution in [2.45, 2.75) is 39.2 Å². The van der Waals surface area contributed by atoms with Gasteiger partial charge in [0.2, 0.25) is 11.8 Å². The fourth-order valence-corrected chi connectivity index (χ4v) is 4.06. The summed E-state index contributed by atoms with van der Waals surface area (Å²) in [6.45, 7) is 4.07. The third-order valence-corrected chi connectivity index (χ3v) is 5.78. The Hall–Kier alpha value is -3.41. The molecule has 1 saturated heterocycles. The first-order valence-corrected chi connectivity index (χ1v) is 10.8. The Morgan fingerprint density at radius 3 is 2.55 bits per heavy atom. The van der Waals surface area contributed by atoms with Gasteiger partial charge in [-0.25, -0.2) is 0 Å². The lowest BCUT2D eigenvalue weighted by molar-refractivity contribution is -0.127. The molecule has 4 rings (SSSR count). The fraction of sp³-hybridized carbons (Fsp3) is 0.320. The summed E-state index contributed by atoms with van der Waals surface area (Å²) in [5, 5.41) is 4.26. The second-order valence-corrected chi connectivity index (χ2v) is 8.13. The zero-order valence-electron chi connectivity index (χ0n) is 17.8. The van der Waals surface area contributed by atoms with Crippen LogP contribution < -0.4 is 10.9 Å². The minimum Gasteiger partial charge on any atom is -0.343 e. The summed E-state index contributed by atoms with van der Waals surface area (Å²) in [5.41, 5.74) is 2.66. The molecule has 3 aromatic rings. The molecule has 0 spiro atoms. The van der Waals surface area contributed by atoms with Crippen molar-refractivity contribution in [3.63, 3.8) is 0 Å². The van der Waals surface area contributed by atoms with Crippen molar-refractivity contribution in [1.82, 2.24) is 9.47 Å². The maximum absolute atomic E-state index is 13.0. The van der Waals surface area contributed by atoms with E-state index in [2.05, 4.69) is 5.32 Å². The van der Waals surface area contributed by atoms with E-state index < -0.39 is 0 Å². The van der Waals surface area contributed by atoms with Crippen LogP contribution in [0.3, 0.4) is 0 Å². The van der Waals surface area contributed by atoms with E-state index in [9.17, 15) is 14.4 Å². The minimum atomic E-state index is -0.115. The first kappa shape index (κ1) is 20.8. The Morgan fingerprint density at radius 1 is 1.00 bits per heavy atom. The molecule has 1 fully saturated rings. The van der Waals surface area contributed by atoms with Gasteiger partial charge in [0.05, 0.1) is 6.42 Å². The van der Waals surface area contributed by atoms with Crippen LogP contribution in [-0.4, -0.2) is 34.4 Å². The van der Waals surface area contributed by atoms with Gasteiger partial charge < -0.3 is 14.8 Å². The standard InChI is InChI=1S/C25H27N3O3/c1-18-8-10-19(11-9-18)17-23(29)26-22-6-2-5-21-20(22)12-16-28(25(21)31)15-4-14-27-13-3-7-24(27)30/h2,5-6,8-12,16H,3-4,7,13-15,17H2,1H3,(H,26,29). The molecule has 0 atom stereocenters. The number of rotatable bonds is 7. The molecule has 0 bridgehead atoms. The van der Waals surface area contributed by atoms with E-state index in [0.717, 1.165) is 35.9 Å². The summed E-state index contributed by atoms with van der Waals surface area (Å²) in [6.07, 6.45) is 4.35. The highest BCUT2D eigenvalue weighted by Crippen LogP contribution is 2.21. The third kappa shape index (κ3) is 4.85. The number of nitrogens with one attached hydrogen (secondary N) is 1. The van der Waals surface area contributed by atoms with E-state index in [4.69, 9.17) is 0 Å². The summed E-state index contributed by atoms with van der Waals surface area (Å²) < 4.78 is 1.68. The fourth-order valence-electron chi connectivity index (χ4n) is 4.06. The van der Waals surface area contributed by atoms with Crippen LogP contribution in [0.4, 0.5) is 5.69 Å². The Bertz CT molecular complexity index is 1160. The van der Waals surface area contributed by atoms with Crippen LogP contribution in [-0.2, 0) is 22.6 Å². The van der Waals surface area contributed by atoms with E-state index in [-0.39, 0.29) is 23.8 Å². The summed E-state index contributed by atoms with van der Waals surface area (Å²) in [7, 11) is 0. The summed E-state index contributed by atoms with van der Waals surface area (Å²) >= 11 is 0. The van der Waals surface area contributed by atoms with Crippen LogP contribution >= 0.6 is 0 Å². The van der Waals surface area contributed by atoms with Crippen molar-refractivity contribution in [2.24, 2.45) is 0 Å². The summed E-state index contributed by atoms with van der Waals surface area (Å²) in [6, 6.07) is 15.1. The van der Waals surface area contributed by atoms with Crippen LogP contribution in [0.5, 0.6) is 0 Å². The molecule has 1 N–H and O–H groups in total. The van der Waals surface area contributed by atoms with Gasteiger partial charge in [-0.05, 0) is 43.5 Å². The van der Waals surface area contributed by atoms with Crippen molar-refractivity contribution in [2.75, 3.05) is 18.4 Å². The van der Waals surface area contributed by atoms with Gasteiger partial charge in [-0.15, -0.1) is 0 Å². The first-order chi connectivity index (χ1) is 15.0. The molecule has 1 aliphatic heterocycles. The molecule has 160 valence electrons. The largest absolute Gasteiger partial charge is 0.343 e. The molecule has 6 nitrogen and oxygen atoms in total. The zero-order valence-corrected chi connectivity index (χ0v) is 17.8. The molecule has 1 aromatic heterocycles. The van der Waals surface area contributed by atoms with Gasteiger partial charge in [0, 0.05) is 48.7 Å². The second kappa shape index (κ2) is 9.16. The van der Waals surface area contributed by atoms with Crippen molar-refractivity contribution in [3.05, 3.63) is 76.2 Å². The number of likely N-dealkylation sites (tertiary alicyclic amines) is 1. The zero-order chi connectivity index (χ0) is 21.8. The lowest BCUT2D eigenvalue weighted by atomic mass is 10.1. The number of hydrogen-bond donors (Lipinski definition) is 1. The third-order valence-electron chi connectivity index (χ3n) is 5.78. The molecule has 0 radical (unpaired) electrons. The van der Waals surface area contributed by atoms with E-state index in [1.807, 2.05) is 48.2 Å². The monoisotopic (exact) mass is 417 g/mol. The number of nitrogens with zero attached hydrogens (tertiary/aromatic N) is 2. The lowest BCUT2D eigenvalue weighted by Gasteiger charge is -2.16. The number of carbonyl (C=O) groups excluding carboxylic acids is 2. The maximum Gasteiger partial charge on any atom is 0.258 e. The quantitative estimate of drug-likeness (QED) is 0.640. The number of benzene rings is 2. The second-order valence-electron chi connectivity index (χ2n) is 8.13. The molecular formula is C25H27N3O3. The van der Waals surface area contributed by atoms with Crippen molar-refractivity contribution < 1.29 is 9.59 Å². The molecule has 2 amide bonds. The van der Waals surface area contributed by atoms with Crippen LogP contribution in [0, 0.1) is 6.92 Å². The highest BCUT2D eigenvalue weighted by molar-refractivity contribution is 6.02. The van der Waals surface area contributed by atoms with Gasteiger partial charge in [0.1, 0.15) is 0 Å². The van der Waals surface area contributed by atoms with Gasteiger partial charge in [0.15, 0.2) is 0 Å².